The highest BCUT2D eigenvalue weighted by molar-refractivity contribution is 5.98. The fraction of sp³-hybridized carbons (Fsp3) is 0.250. The summed E-state index contributed by atoms with van der Waals surface area (Å²) in [6, 6.07) is 1.17. The van der Waals surface area contributed by atoms with Crippen molar-refractivity contribution >= 4 is 11.7 Å². The third-order valence-electron chi connectivity index (χ3n) is 2.61. The van der Waals surface area contributed by atoms with Crippen LogP contribution in [0.3, 0.4) is 0 Å². The summed E-state index contributed by atoms with van der Waals surface area (Å²) in [5.41, 5.74) is 0.191. The molecule has 2 aromatic rings. The summed E-state index contributed by atoms with van der Waals surface area (Å²) in [5, 5.41) is 2.77. The van der Waals surface area contributed by atoms with Gasteiger partial charge in [0.1, 0.15) is 17.5 Å². The molecule has 0 spiro atoms. The molecule has 0 radical (unpaired) electrons. The summed E-state index contributed by atoms with van der Waals surface area (Å²) in [4.78, 5) is 24.5. The first-order valence-corrected chi connectivity index (χ1v) is 5.69. The Kier molecular flexibility index (Phi) is 3.74. The third kappa shape index (κ3) is 2.87. The molecule has 0 aliphatic carbocycles. The van der Waals surface area contributed by atoms with Crippen LogP contribution in [0, 0.1) is 5.82 Å². The molecule has 1 amide bonds. The first kappa shape index (κ1) is 13.0. The molecule has 0 aliphatic rings. The lowest BCUT2D eigenvalue weighted by Crippen LogP contribution is -2.27. The molecule has 0 saturated heterocycles. The van der Waals surface area contributed by atoms with Gasteiger partial charge in [0.15, 0.2) is 0 Å². The van der Waals surface area contributed by atoms with Crippen LogP contribution in [-0.4, -0.2) is 39.9 Å². The van der Waals surface area contributed by atoms with Crippen LogP contribution < -0.4 is 5.32 Å². The number of carbonyl (C=O) groups is 1. The van der Waals surface area contributed by atoms with Crippen molar-refractivity contribution in [2.24, 2.45) is 0 Å². The highest BCUT2D eigenvalue weighted by atomic mass is 19.1. The second-order valence-electron chi connectivity index (χ2n) is 4.00. The lowest BCUT2D eigenvalue weighted by Gasteiger charge is -2.17. The van der Waals surface area contributed by atoms with E-state index in [-0.39, 0.29) is 11.5 Å². The van der Waals surface area contributed by atoms with Gasteiger partial charge in [0.2, 0.25) is 0 Å². The smallest absolute Gasteiger partial charge is 0.257 e. The number of rotatable bonds is 4. The normalized spacial score (nSPS) is 10.3. The predicted octanol–water partition coefficient (Wildman–Crippen LogP) is 1.26. The molecule has 2 aromatic heterocycles. The molecule has 0 aliphatic heterocycles. The minimum atomic E-state index is -0.547. The van der Waals surface area contributed by atoms with E-state index in [2.05, 4.69) is 20.3 Å². The van der Waals surface area contributed by atoms with Gasteiger partial charge < -0.3 is 15.2 Å². The van der Waals surface area contributed by atoms with Gasteiger partial charge in [0.25, 0.3) is 5.91 Å². The topological polar surface area (TPSA) is 73.9 Å². The van der Waals surface area contributed by atoms with E-state index in [1.54, 1.807) is 26.5 Å². The number of anilines is 1. The number of aromatic nitrogens is 3. The molecule has 0 atom stereocenters. The Balaban J connectivity index is 2.21. The van der Waals surface area contributed by atoms with E-state index >= 15 is 0 Å². The molecule has 0 bridgehead atoms. The fourth-order valence-corrected chi connectivity index (χ4v) is 1.69. The maximum absolute atomic E-state index is 13.2. The van der Waals surface area contributed by atoms with Crippen LogP contribution in [0.25, 0.3) is 0 Å². The van der Waals surface area contributed by atoms with Gasteiger partial charge in [-0.15, -0.1) is 0 Å². The molecule has 0 fully saturated rings. The third-order valence-corrected chi connectivity index (χ3v) is 2.61. The molecule has 6 nitrogen and oxygen atoms in total. The maximum Gasteiger partial charge on any atom is 0.257 e. The molecule has 0 saturated carbocycles. The first-order chi connectivity index (χ1) is 9.11. The number of hydrogen-bond acceptors (Lipinski definition) is 4. The zero-order chi connectivity index (χ0) is 13.8. The molecule has 19 heavy (non-hydrogen) atoms. The van der Waals surface area contributed by atoms with Crippen molar-refractivity contribution in [2.45, 2.75) is 6.54 Å². The van der Waals surface area contributed by atoms with Crippen molar-refractivity contribution in [3.05, 3.63) is 41.9 Å². The number of H-pyrrole nitrogens is 1. The number of halogens is 1. The Labute approximate surface area is 109 Å². The SMILES string of the molecule is CNc1ncc(F)cc1C(=O)N(C)Cc1ncc[nH]1. The van der Waals surface area contributed by atoms with Crippen molar-refractivity contribution in [2.75, 3.05) is 19.4 Å². The zero-order valence-corrected chi connectivity index (χ0v) is 10.6. The van der Waals surface area contributed by atoms with Crippen LogP contribution in [0.2, 0.25) is 0 Å². The van der Waals surface area contributed by atoms with Crippen molar-refractivity contribution in [1.29, 1.82) is 0 Å². The van der Waals surface area contributed by atoms with Crippen LogP contribution >= 0.6 is 0 Å². The summed E-state index contributed by atoms with van der Waals surface area (Å²) in [6.45, 7) is 0.311. The van der Waals surface area contributed by atoms with Gasteiger partial charge in [-0.1, -0.05) is 0 Å². The lowest BCUT2D eigenvalue weighted by molar-refractivity contribution is 0.0782. The van der Waals surface area contributed by atoms with Gasteiger partial charge in [-0.05, 0) is 6.07 Å². The van der Waals surface area contributed by atoms with E-state index in [1.807, 2.05) is 0 Å². The maximum atomic E-state index is 13.2. The summed E-state index contributed by atoms with van der Waals surface area (Å²) >= 11 is 0. The fourth-order valence-electron chi connectivity index (χ4n) is 1.69. The van der Waals surface area contributed by atoms with Crippen molar-refractivity contribution in [3.63, 3.8) is 0 Å². The largest absolute Gasteiger partial charge is 0.372 e. The Morgan fingerprint density at radius 1 is 1.53 bits per heavy atom. The van der Waals surface area contributed by atoms with Gasteiger partial charge in [0, 0.05) is 26.5 Å². The van der Waals surface area contributed by atoms with Gasteiger partial charge in [0.05, 0.1) is 18.3 Å². The van der Waals surface area contributed by atoms with Gasteiger partial charge in [-0.2, -0.15) is 0 Å². The Hall–Kier alpha value is -2.44. The van der Waals surface area contributed by atoms with Crippen LogP contribution in [0.5, 0.6) is 0 Å². The second-order valence-corrected chi connectivity index (χ2v) is 4.00. The average molecular weight is 263 g/mol. The quantitative estimate of drug-likeness (QED) is 0.871. The predicted molar refractivity (Wildman–Crippen MR) is 68.1 cm³/mol. The number of nitrogens with one attached hydrogen (secondary N) is 2. The summed E-state index contributed by atoms with van der Waals surface area (Å²) in [7, 11) is 3.25. The van der Waals surface area contributed by atoms with Gasteiger partial charge >= 0.3 is 0 Å². The van der Waals surface area contributed by atoms with Gasteiger partial charge in [-0.3, -0.25) is 4.79 Å². The molecule has 0 aromatic carbocycles. The number of hydrogen-bond donors (Lipinski definition) is 2. The van der Waals surface area contributed by atoms with Crippen LogP contribution in [0.15, 0.2) is 24.7 Å². The minimum absolute atomic E-state index is 0.191. The number of imidazole rings is 1. The summed E-state index contributed by atoms with van der Waals surface area (Å²) in [5.74, 6) is 0.130. The molecule has 2 heterocycles. The summed E-state index contributed by atoms with van der Waals surface area (Å²) in [6.07, 6.45) is 4.35. The summed E-state index contributed by atoms with van der Waals surface area (Å²) < 4.78 is 13.2. The van der Waals surface area contributed by atoms with Crippen LogP contribution in [-0.2, 0) is 6.54 Å². The minimum Gasteiger partial charge on any atom is -0.372 e. The number of aromatic amines is 1. The Morgan fingerprint density at radius 2 is 2.32 bits per heavy atom. The van der Waals surface area contributed by atoms with Crippen molar-refractivity contribution in [3.8, 4) is 0 Å². The van der Waals surface area contributed by atoms with E-state index in [0.29, 0.717) is 18.2 Å². The second kappa shape index (κ2) is 5.47. The highest BCUT2D eigenvalue weighted by Gasteiger charge is 2.18. The molecule has 0 unspecified atom stereocenters. The molecular formula is C12H14FN5O. The zero-order valence-electron chi connectivity index (χ0n) is 10.6. The van der Waals surface area contributed by atoms with Crippen molar-refractivity contribution < 1.29 is 9.18 Å². The lowest BCUT2D eigenvalue weighted by atomic mass is 10.2. The molecule has 7 heteroatoms. The number of amides is 1. The van der Waals surface area contributed by atoms with E-state index < -0.39 is 5.82 Å². The van der Waals surface area contributed by atoms with E-state index in [4.69, 9.17) is 0 Å². The van der Waals surface area contributed by atoms with Crippen LogP contribution in [0.1, 0.15) is 16.2 Å². The number of pyridine rings is 1. The molecule has 100 valence electrons. The van der Waals surface area contributed by atoms with Crippen molar-refractivity contribution in [1.82, 2.24) is 19.9 Å². The first-order valence-electron chi connectivity index (χ1n) is 5.69. The monoisotopic (exact) mass is 263 g/mol. The molecule has 2 N–H and O–H groups in total. The van der Waals surface area contributed by atoms with Crippen LogP contribution in [0.4, 0.5) is 10.2 Å². The standard InChI is InChI=1S/C12H14FN5O/c1-14-11-9(5-8(13)6-17-11)12(19)18(2)7-10-15-3-4-16-10/h3-6H,7H2,1-2H3,(H,14,17)(H,15,16). The average Bonchev–Trinajstić information content (AvgIpc) is 2.90. The molecular weight excluding hydrogens is 249 g/mol. The Morgan fingerprint density at radius 3 is 2.95 bits per heavy atom. The van der Waals surface area contributed by atoms with Gasteiger partial charge in [-0.25, -0.2) is 14.4 Å². The number of nitrogens with zero attached hydrogens (tertiary/aromatic N) is 3. The van der Waals surface area contributed by atoms with E-state index in [1.165, 1.54) is 11.0 Å². The van der Waals surface area contributed by atoms with E-state index in [9.17, 15) is 9.18 Å². The highest BCUT2D eigenvalue weighted by Crippen LogP contribution is 2.15. The molecule has 2 rings (SSSR count). The Bertz CT molecular complexity index is 570. The van der Waals surface area contributed by atoms with E-state index in [0.717, 1.165) is 6.20 Å². The number of carbonyl (C=O) groups excluding carboxylic acids is 1.